The van der Waals surface area contributed by atoms with Gasteiger partial charge in [-0.05, 0) is 67.8 Å². The maximum atomic E-state index is 13.2. The molecule has 0 bridgehead atoms. The molecule has 1 fully saturated rings. The molecule has 9 heteroatoms. The van der Waals surface area contributed by atoms with E-state index < -0.39 is 0 Å². The lowest BCUT2D eigenvalue weighted by Gasteiger charge is -2.23. The second-order valence-corrected chi connectivity index (χ2v) is 9.22. The van der Waals surface area contributed by atoms with Gasteiger partial charge in [0, 0.05) is 35.1 Å². The molecule has 0 aliphatic carbocycles. The van der Waals surface area contributed by atoms with Gasteiger partial charge in [0.1, 0.15) is 17.7 Å². The largest absolute Gasteiger partial charge is 0.473 e. The van der Waals surface area contributed by atoms with Crippen molar-refractivity contribution < 1.29 is 13.9 Å². The molecule has 2 aromatic heterocycles. The summed E-state index contributed by atoms with van der Waals surface area (Å²) in [6.45, 7) is 6.02. The number of hydrogen-bond acceptors (Lipinski definition) is 6. The first kappa shape index (κ1) is 23.7. The van der Waals surface area contributed by atoms with E-state index in [0.29, 0.717) is 22.9 Å². The van der Waals surface area contributed by atoms with Crippen molar-refractivity contribution in [1.29, 1.82) is 0 Å². The van der Waals surface area contributed by atoms with Crippen LogP contribution in [0.2, 0.25) is 0 Å². The minimum atomic E-state index is -0.385. The number of aromatic nitrogens is 3. The lowest BCUT2D eigenvalue weighted by molar-refractivity contribution is 0.102. The minimum Gasteiger partial charge on any atom is -0.473 e. The number of rotatable bonds is 7. The van der Waals surface area contributed by atoms with Crippen molar-refractivity contribution in [3.05, 3.63) is 77.7 Å². The third kappa shape index (κ3) is 5.31. The van der Waals surface area contributed by atoms with Crippen molar-refractivity contribution >= 4 is 28.7 Å². The summed E-state index contributed by atoms with van der Waals surface area (Å²) in [5.41, 5.74) is 3.52. The summed E-state index contributed by atoms with van der Waals surface area (Å²) in [4.78, 5) is 17.3. The van der Waals surface area contributed by atoms with Gasteiger partial charge in [-0.3, -0.25) is 4.79 Å². The van der Waals surface area contributed by atoms with E-state index in [2.05, 4.69) is 34.9 Å². The Labute approximate surface area is 208 Å². The van der Waals surface area contributed by atoms with Gasteiger partial charge in [0.25, 0.3) is 5.91 Å². The first-order valence-electron chi connectivity index (χ1n) is 12.2. The Bertz CT molecular complexity index is 1360. The molecule has 1 saturated heterocycles. The average molecular weight is 489 g/mol. The number of piperidine rings is 1. The molecule has 1 aliphatic heterocycles. The molecule has 1 aliphatic rings. The van der Waals surface area contributed by atoms with Gasteiger partial charge in [-0.25, -0.2) is 4.39 Å². The first-order valence-corrected chi connectivity index (χ1v) is 12.2. The fraction of sp³-hybridized carbons (Fsp3) is 0.296. The summed E-state index contributed by atoms with van der Waals surface area (Å²) in [7, 11) is 0. The molecule has 0 spiro atoms. The van der Waals surface area contributed by atoms with Crippen LogP contribution in [-0.2, 0) is 0 Å². The molecule has 0 unspecified atom stereocenters. The Kier molecular flexibility index (Phi) is 6.81. The molecule has 3 heterocycles. The quantitative estimate of drug-likeness (QED) is 0.335. The van der Waals surface area contributed by atoms with Gasteiger partial charge in [-0.2, -0.15) is 14.6 Å². The lowest BCUT2D eigenvalue weighted by atomic mass is 10.1. The highest BCUT2D eigenvalue weighted by atomic mass is 19.1. The molecule has 3 N–H and O–H groups in total. The van der Waals surface area contributed by atoms with Gasteiger partial charge in [-0.15, -0.1) is 0 Å². The summed E-state index contributed by atoms with van der Waals surface area (Å²) in [5.74, 6) is 0.793. The minimum absolute atomic E-state index is 0.0666. The van der Waals surface area contributed by atoms with Crippen LogP contribution in [0.4, 0.5) is 21.6 Å². The SMILES string of the molecule is CC(C)c1cnn2c(Nc3cccc(NC(=O)c4ccc(F)cc4)c3)cc(O[C@H]3CCCNC3)nc12. The van der Waals surface area contributed by atoms with E-state index in [4.69, 9.17) is 9.72 Å². The van der Waals surface area contributed by atoms with Crippen molar-refractivity contribution in [3.8, 4) is 5.88 Å². The third-order valence-electron chi connectivity index (χ3n) is 6.14. The van der Waals surface area contributed by atoms with Crippen LogP contribution >= 0.6 is 0 Å². The number of carbonyl (C=O) groups is 1. The Morgan fingerprint density at radius 2 is 1.97 bits per heavy atom. The van der Waals surface area contributed by atoms with E-state index >= 15 is 0 Å². The highest BCUT2D eigenvalue weighted by molar-refractivity contribution is 6.04. The van der Waals surface area contributed by atoms with Crippen molar-refractivity contribution in [1.82, 2.24) is 19.9 Å². The standard InChI is InChI=1S/C27H29FN6O2/c1-17(2)23-16-30-34-24(14-25(33-26(23)34)36-22-7-4-12-29-15-22)31-20-5-3-6-21(13-20)32-27(35)18-8-10-19(28)11-9-18/h3,5-6,8-11,13-14,16-17,22,29,31H,4,7,12,15H2,1-2H3,(H,32,35)/t22-/m0/s1. The summed E-state index contributed by atoms with van der Waals surface area (Å²) >= 11 is 0. The number of hydrogen-bond donors (Lipinski definition) is 3. The monoisotopic (exact) mass is 488 g/mol. The highest BCUT2D eigenvalue weighted by Gasteiger charge is 2.19. The van der Waals surface area contributed by atoms with E-state index in [1.54, 1.807) is 10.6 Å². The lowest BCUT2D eigenvalue weighted by Crippen LogP contribution is -2.37. The molecule has 1 atom stereocenters. The van der Waals surface area contributed by atoms with Crippen molar-refractivity contribution in [2.24, 2.45) is 0 Å². The van der Waals surface area contributed by atoms with E-state index in [9.17, 15) is 9.18 Å². The zero-order valence-electron chi connectivity index (χ0n) is 20.3. The number of fused-ring (bicyclic) bond motifs is 1. The normalized spacial score (nSPS) is 15.7. The molecule has 2 aromatic carbocycles. The highest BCUT2D eigenvalue weighted by Crippen LogP contribution is 2.28. The molecule has 36 heavy (non-hydrogen) atoms. The van der Waals surface area contributed by atoms with Crippen LogP contribution in [-0.4, -0.2) is 39.7 Å². The fourth-order valence-electron chi connectivity index (χ4n) is 4.23. The number of anilines is 3. The van der Waals surface area contributed by atoms with Gasteiger partial charge < -0.3 is 20.7 Å². The fourth-order valence-corrected chi connectivity index (χ4v) is 4.23. The van der Waals surface area contributed by atoms with E-state index in [0.717, 1.165) is 42.8 Å². The molecule has 8 nitrogen and oxygen atoms in total. The van der Waals surface area contributed by atoms with Crippen LogP contribution in [0.25, 0.3) is 5.65 Å². The molecule has 186 valence electrons. The molecule has 5 rings (SSSR count). The zero-order valence-corrected chi connectivity index (χ0v) is 20.3. The van der Waals surface area contributed by atoms with Gasteiger partial charge in [0.05, 0.1) is 6.20 Å². The Morgan fingerprint density at radius 3 is 2.72 bits per heavy atom. The smallest absolute Gasteiger partial charge is 0.255 e. The number of carbonyl (C=O) groups excluding carboxylic acids is 1. The number of amides is 1. The average Bonchev–Trinajstić information content (AvgIpc) is 3.30. The summed E-state index contributed by atoms with van der Waals surface area (Å²) in [6.07, 6.45) is 3.95. The van der Waals surface area contributed by atoms with Gasteiger partial charge in [0.2, 0.25) is 5.88 Å². The van der Waals surface area contributed by atoms with Crippen LogP contribution in [0, 0.1) is 5.82 Å². The Morgan fingerprint density at radius 1 is 1.17 bits per heavy atom. The van der Waals surface area contributed by atoms with Crippen LogP contribution in [0.15, 0.2) is 60.8 Å². The summed E-state index contributed by atoms with van der Waals surface area (Å²) in [5, 5.41) is 14.2. The molecule has 4 aromatic rings. The maximum Gasteiger partial charge on any atom is 0.255 e. The Hall–Kier alpha value is -3.98. The maximum absolute atomic E-state index is 13.2. The van der Waals surface area contributed by atoms with Crippen molar-refractivity contribution in [2.75, 3.05) is 23.7 Å². The van der Waals surface area contributed by atoms with Crippen molar-refractivity contribution in [2.45, 2.75) is 38.7 Å². The van der Waals surface area contributed by atoms with Crippen molar-refractivity contribution in [3.63, 3.8) is 0 Å². The second-order valence-electron chi connectivity index (χ2n) is 9.22. The van der Waals surface area contributed by atoms with E-state index in [1.165, 1.54) is 24.3 Å². The number of nitrogens with one attached hydrogen (secondary N) is 3. The first-order chi connectivity index (χ1) is 17.5. The number of nitrogens with zero attached hydrogens (tertiary/aromatic N) is 3. The molecular weight excluding hydrogens is 459 g/mol. The zero-order chi connectivity index (χ0) is 25.1. The third-order valence-corrected chi connectivity index (χ3v) is 6.14. The molecular formula is C27H29FN6O2. The summed E-state index contributed by atoms with van der Waals surface area (Å²) < 4.78 is 21.2. The molecule has 0 radical (unpaired) electrons. The van der Waals surface area contributed by atoms with E-state index in [-0.39, 0.29) is 23.7 Å². The number of halogens is 1. The Balaban J connectivity index is 1.41. The summed E-state index contributed by atoms with van der Waals surface area (Å²) in [6, 6.07) is 14.6. The van der Waals surface area contributed by atoms with Gasteiger partial charge in [-0.1, -0.05) is 19.9 Å². The molecule has 1 amide bonds. The van der Waals surface area contributed by atoms with Crippen LogP contribution in [0.3, 0.4) is 0 Å². The molecule has 0 saturated carbocycles. The van der Waals surface area contributed by atoms with Crippen LogP contribution in [0.1, 0.15) is 48.5 Å². The predicted molar refractivity (Wildman–Crippen MR) is 138 cm³/mol. The number of benzene rings is 2. The van der Waals surface area contributed by atoms with Gasteiger partial charge in [0.15, 0.2) is 5.65 Å². The van der Waals surface area contributed by atoms with Crippen LogP contribution in [0.5, 0.6) is 5.88 Å². The number of ether oxygens (including phenoxy) is 1. The second kappa shape index (κ2) is 10.3. The van der Waals surface area contributed by atoms with Gasteiger partial charge >= 0.3 is 0 Å². The van der Waals surface area contributed by atoms with Crippen LogP contribution < -0.4 is 20.7 Å². The topological polar surface area (TPSA) is 92.6 Å². The predicted octanol–water partition coefficient (Wildman–Crippen LogP) is 5.12. The van der Waals surface area contributed by atoms with E-state index in [1.807, 2.05) is 30.5 Å².